The van der Waals surface area contributed by atoms with Gasteiger partial charge in [0.25, 0.3) is 0 Å². The van der Waals surface area contributed by atoms with Gasteiger partial charge in [-0.05, 0) is 37.6 Å². The smallest absolute Gasteiger partial charge is 0.416 e. The molecule has 19 heavy (non-hydrogen) atoms. The van der Waals surface area contributed by atoms with Gasteiger partial charge >= 0.3 is 12.1 Å². The van der Waals surface area contributed by atoms with Crippen molar-refractivity contribution in [3.05, 3.63) is 29.8 Å². The van der Waals surface area contributed by atoms with E-state index in [1.165, 1.54) is 12.1 Å². The molecule has 0 aromatic heterocycles. The summed E-state index contributed by atoms with van der Waals surface area (Å²) in [6.07, 6.45) is -3.66. The first-order chi connectivity index (χ1) is 8.93. The molecule has 0 fully saturated rings. The summed E-state index contributed by atoms with van der Waals surface area (Å²) in [4.78, 5) is 11.0. The molecule has 3 nitrogen and oxygen atoms in total. The fourth-order valence-corrected chi connectivity index (χ4v) is 1.38. The van der Waals surface area contributed by atoms with Crippen molar-refractivity contribution in [2.75, 3.05) is 13.2 Å². The Labute approximate surface area is 109 Å². The van der Waals surface area contributed by atoms with Crippen LogP contribution >= 0.6 is 0 Å². The number of rotatable bonds is 6. The molecule has 0 heterocycles. The maximum absolute atomic E-state index is 12.3. The first kappa shape index (κ1) is 15.3. The monoisotopic (exact) mass is 276 g/mol. The molecule has 0 saturated carbocycles. The lowest BCUT2D eigenvalue weighted by Crippen LogP contribution is -2.07. The molecule has 0 aliphatic rings. The van der Waals surface area contributed by atoms with Gasteiger partial charge < -0.3 is 9.47 Å². The normalized spacial score (nSPS) is 11.2. The maximum Gasteiger partial charge on any atom is 0.416 e. The van der Waals surface area contributed by atoms with Crippen LogP contribution in [0, 0.1) is 0 Å². The highest BCUT2D eigenvalue weighted by molar-refractivity contribution is 5.69. The third-order valence-electron chi connectivity index (χ3n) is 2.28. The first-order valence-electron chi connectivity index (χ1n) is 5.89. The second-order valence-corrected chi connectivity index (χ2v) is 3.78. The summed E-state index contributed by atoms with van der Waals surface area (Å²) in [5.41, 5.74) is -0.716. The predicted octanol–water partition coefficient (Wildman–Crippen LogP) is 3.43. The van der Waals surface area contributed by atoms with Crippen LogP contribution in [0.4, 0.5) is 13.2 Å². The van der Waals surface area contributed by atoms with Gasteiger partial charge in [-0.15, -0.1) is 0 Å². The summed E-state index contributed by atoms with van der Waals surface area (Å²) >= 11 is 0. The molecule has 0 aliphatic carbocycles. The Morgan fingerprint density at radius 2 is 1.84 bits per heavy atom. The van der Waals surface area contributed by atoms with Gasteiger partial charge in [0.15, 0.2) is 0 Å². The van der Waals surface area contributed by atoms with Crippen LogP contribution in [0.1, 0.15) is 25.3 Å². The molecule has 1 rings (SSSR count). The lowest BCUT2D eigenvalue weighted by Gasteiger charge is -2.09. The molecule has 0 spiro atoms. The fraction of sp³-hybridized carbons (Fsp3) is 0.462. The van der Waals surface area contributed by atoms with Gasteiger partial charge in [0.1, 0.15) is 5.75 Å². The SMILES string of the molecule is CCOC(=O)CCCOc1ccc(C(F)(F)F)cc1. The molecule has 0 amide bonds. The molecule has 0 saturated heterocycles. The van der Waals surface area contributed by atoms with E-state index in [1.54, 1.807) is 6.92 Å². The van der Waals surface area contributed by atoms with Crippen LogP contribution in [-0.4, -0.2) is 19.2 Å². The summed E-state index contributed by atoms with van der Waals surface area (Å²) in [5.74, 6) is 0.0374. The topological polar surface area (TPSA) is 35.5 Å². The van der Waals surface area contributed by atoms with Crippen LogP contribution in [0.2, 0.25) is 0 Å². The highest BCUT2D eigenvalue weighted by Crippen LogP contribution is 2.30. The molecule has 0 aliphatic heterocycles. The number of esters is 1. The molecule has 106 valence electrons. The molecule has 0 radical (unpaired) electrons. The summed E-state index contributed by atoms with van der Waals surface area (Å²) in [7, 11) is 0. The molecule has 0 atom stereocenters. The number of carbonyl (C=O) groups excluding carboxylic acids is 1. The zero-order valence-corrected chi connectivity index (χ0v) is 10.5. The summed E-state index contributed by atoms with van der Waals surface area (Å²) in [6.45, 7) is 2.30. The number of ether oxygens (including phenoxy) is 2. The van der Waals surface area contributed by atoms with E-state index in [1.807, 2.05) is 0 Å². The van der Waals surface area contributed by atoms with Gasteiger partial charge in [0.2, 0.25) is 0 Å². The van der Waals surface area contributed by atoms with Crippen molar-refractivity contribution in [2.24, 2.45) is 0 Å². The highest BCUT2D eigenvalue weighted by Gasteiger charge is 2.29. The van der Waals surface area contributed by atoms with Gasteiger partial charge in [0.05, 0.1) is 18.8 Å². The Hall–Kier alpha value is -1.72. The molecule has 1 aromatic rings. The van der Waals surface area contributed by atoms with Gasteiger partial charge in [-0.1, -0.05) is 0 Å². The summed E-state index contributed by atoms with van der Waals surface area (Å²) in [5, 5.41) is 0. The van der Waals surface area contributed by atoms with Crippen molar-refractivity contribution in [1.29, 1.82) is 0 Å². The van der Waals surface area contributed by atoms with Gasteiger partial charge in [-0.2, -0.15) is 13.2 Å². The Morgan fingerprint density at radius 1 is 1.21 bits per heavy atom. The Kier molecular flexibility index (Phi) is 5.66. The van der Waals surface area contributed by atoms with Gasteiger partial charge in [0, 0.05) is 6.42 Å². The lowest BCUT2D eigenvalue weighted by molar-refractivity contribution is -0.143. The molecule has 0 unspecified atom stereocenters. The molecule has 0 bridgehead atoms. The van der Waals surface area contributed by atoms with Gasteiger partial charge in [-0.3, -0.25) is 4.79 Å². The van der Waals surface area contributed by atoms with Gasteiger partial charge in [-0.25, -0.2) is 0 Å². The minimum absolute atomic E-state index is 0.231. The second kappa shape index (κ2) is 7.01. The van der Waals surface area contributed by atoms with E-state index in [0.29, 0.717) is 18.8 Å². The quantitative estimate of drug-likeness (QED) is 0.590. The number of carbonyl (C=O) groups is 1. The fourth-order valence-electron chi connectivity index (χ4n) is 1.38. The number of alkyl halides is 3. The van der Waals surface area contributed by atoms with Crippen molar-refractivity contribution in [1.82, 2.24) is 0 Å². The van der Waals surface area contributed by atoms with E-state index in [0.717, 1.165) is 12.1 Å². The van der Waals surface area contributed by atoms with Crippen LogP contribution in [0.3, 0.4) is 0 Å². The largest absolute Gasteiger partial charge is 0.494 e. The van der Waals surface area contributed by atoms with Crippen molar-refractivity contribution in [3.8, 4) is 5.75 Å². The number of halogens is 3. The van der Waals surface area contributed by atoms with Crippen molar-refractivity contribution in [3.63, 3.8) is 0 Å². The van der Waals surface area contributed by atoms with Crippen LogP contribution in [0.25, 0.3) is 0 Å². The molecule has 1 aromatic carbocycles. The maximum atomic E-state index is 12.3. The van der Waals surface area contributed by atoms with E-state index in [-0.39, 0.29) is 19.0 Å². The van der Waals surface area contributed by atoms with Crippen molar-refractivity contribution in [2.45, 2.75) is 25.9 Å². The van der Waals surface area contributed by atoms with Crippen LogP contribution in [-0.2, 0) is 15.7 Å². The Morgan fingerprint density at radius 3 is 2.37 bits per heavy atom. The van der Waals surface area contributed by atoms with E-state index < -0.39 is 11.7 Å². The second-order valence-electron chi connectivity index (χ2n) is 3.78. The minimum atomic E-state index is -4.34. The number of hydrogen-bond donors (Lipinski definition) is 0. The lowest BCUT2D eigenvalue weighted by atomic mass is 10.2. The summed E-state index contributed by atoms with van der Waals surface area (Å²) < 4.78 is 46.8. The Bertz CT molecular complexity index is 399. The zero-order valence-electron chi connectivity index (χ0n) is 10.5. The first-order valence-corrected chi connectivity index (χ1v) is 5.89. The Balaban J connectivity index is 2.33. The molecule has 0 N–H and O–H groups in total. The number of hydrogen-bond acceptors (Lipinski definition) is 3. The molecule has 6 heteroatoms. The third kappa shape index (κ3) is 5.63. The summed E-state index contributed by atoms with van der Waals surface area (Å²) in [6, 6.07) is 4.43. The van der Waals surface area contributed by atoms with E-state index in [4.69, 9.17) is 9.47 Å². The third-order valence-corrected chi connectivity index (χ3v) is 2.28. The van der Waals surface area contributed by atoms with E-state index >= 15 is 0 Å². The van der Waals surface area contributed by atoms with Crippen molar-refractivity contribution >= 4 is 5.97 Å². The van der Waals surface area contributed by atoms with E-state index in [2.05, 4.69) is 0 Å². The predicted molar refractivity (Wildman–Crippen MR) is 62.8 cm³/mol. The minimum Gasteiger partial charge on any atom is -0.494 e. The number of benzene rings is 1. The van der Waals surface area contributed by atoms with Crippen molar-refractivity contribution < 1.29 is 27.4 Å². The van der Waals surface area contributed by atoms with Crippen LogP contribution in [0.15, 0.2) is 24.3 Å². The molecular weight excluding hydrogens is 261 g/mol. The van der Waals surface area contributed by atoms with E-state index in [9.17, 15) is 18.0 Å². The zero-order chi connectivity index (χ0) is 14.3. The average Bonchev–Trinajstić information content (AvgIpc) is 2.34. The highest BCUT2D eigenvalue weighted by atomic mass is 19.4. The van der Waals surface area contributed by atoms with Crippen LogP contribution in [0.5, 0.6) is 5.75 Å². The standard InChI is InChI=1S/C13H15F3O3/c1-2-18-12(17)4-3-9-19-11-7-5-10(6-8-11)13(14,15)16/h5-8H,2-4,9H2,1H3. The average molecular weight is 276 g/mol. The van der Waals surface area contributed by atoms with Crippen LogP contribution < -0.4 is 4.74 Å². The molecular formula is C13H15F3O3.